The fraction of sp³-hybridized carbons (Fsp3) is 0.485. The van der Waals surface area contributed by atoms with E-state index in [2.05, 4.69) is 108 Å². The summed E-state index contributed by atoms with van der Waals surface area (Å²) in [6.07, 6.45) is 9.19. The summed E-state index contributed by atoms with van der Waals surface area (Å²) >= 11 is 2.12. The van der Waals surface area contributed by atoms with Gasteiger partial charge in [-0.2, -0.15) is 0 Å². The zero-order chi connectivity index (χ0) is 25.6. The molecule has 0 N–H and O–H groups in total. The molecule has 3 heteroatoms. The lowest BCUT2D eigenvalue weighted by Gasteiger charge is -2.47. The predicted octanol–water partition coefficient (Wildman–Crippen LogP) is 10.4. The zero-order valence-corrected chi connectivity index (χ0v) is 25.1. The van der Waals surface area contributed by atoms with Crippen molar-refractivity contribution in [2.24, 2.45) is 0 Å². The van der Waals surface area contributed by atoms with Crippen LogP contribution in [0.4, 0.5) is 0 Å². The van der Waals surface area contributed by atoms with E-state index in [1.54, 1.807) is 10.1 Å². The van der Waals surface area contributed by atoms with E-state index in [-0.39, 0.29) is 0 Å². The van der Waals surface area contributed by atoms with Crippen LogP contribution in [0.5, 0.6) is 0 Å². The van der Waals surface area contributed by atoms with E-state index in [0.29, 0.717) is 5.92 Å². The number of fused-ring (bicyclic) bond motifs is 2. The number of aryl methyl sites for hydroxylation is 1. The van der Waals surface area contributed by atoms with Crippen molar-refractivity contribution < 1.29 is 0 Å². The molecule has 36 heavy (non-hydrogen) atoms. The third kappa shape index (κ3) is 4.07. The van der Waals surface area contributed by atoms with Crippen LogP contribution in [-0.2, 0) is 0 Å². The third-order valence-electron chi connectivity index (χ3n) is 9.23. The molecule has 2 aromatic carbocycles. The maximum atomic E-state index is 5.05. The Bertz CT molecular complexity index is 1370. The normalized spacial score (nSPS) is 15.7. The lowest BCUT2D eigenvalue weighted by molar-refractivity contribution is 0.484. The first-order valence-corrected chi connectivity index (χ1v) is 17.2. The molecule has 0 amide bonds. The van der Waals surface area contributed by atoms with E-state index in [9.17, 15) is 0 Å². The molecule has 0 radical (unpaired) electrons. The number of nitrogens with zero attached hydrogens (tertiary/aromatic N) is 1. The predicted molar refractivity (Wildman–Crippen MR) is 164 cm³/mol. The van der Waals surface area contributed by atoms with Crippen LogP contribution in [0.2, 0.25) is 16.6 Å². The molecule has 0 aliphatic heterocycles. The van der Waals surface area contributed by atoms with Crippen LogP contribution in [0, 0.1) is 6.92 Å². The van der Waals surface area contributed by atoms with Gasteiger partial charge in [-0.3, -0.25) is 4.98 Å². The van der Waals surface area contributed by atoms with Crippen molar-refractivity contribution in [2.45, 2.75) is 103 Å². The van der Waals surface area contributed by atoms with Crippen molar-refractivity contribution in [3.63, 3.8) is 0 Å². The van der Waals surface area contributed by atoms with Crippen molar-refractivity contribution in [3.8, 4) is 11.3 Å². The van der Waals surface area contributed by atoms with Crippen molar-refractivity contribution in [2.75, 3.05) is 0 Å². The van der Waals surface area contributed by atoms with E-state index in [1.807, 2.05) is 0 Å². The monoisotopic (exact) mass is 513 g/mol. The van der Waals surface area contributed by atoms with E-state index >= 15 is 0 Å². The highest BCUT2D eigenvalue weighted by Gasteiger charge is 2.50. The number of rotatable bonds is 6. The molecule has 0 unspecified atom stereocenters. The molecular formula is C33H43NSSi. The van der Waals surface area contributed by atoms with Crippen molar-refractivity contribution in [1.82, 2.24) is 4.98 Å². The second-order valence-corrected chi connectivity index (χ2v) is 19.0. The summed E-state index contributed by atoms with van der Waals surface area (Å²) in [5.74, 6) is 0.475. The Morgan fingerprint density at radius 1 is 0.861 bits per heavy atom. The summed E-state index contributed by atoms with van der Waals surface area (Å²) in [6.45, 7) is 17.2. The van der Waals surface area contributed by atoms with Gasteiger partial charge in [-0.1, -0.05) is 97.9 Å². The molecule has 1 aliphatic carbocycles. The van der Waals surface area contributed by atoms with Gasteiger partial charge in [-0.15, -0.1) is 11.3 Å². The molecule has 1 fully saturated rings. The molecule has 5 rings (SSSR count). The van der Waals surface area contributed by atoms with Gasteiger partial charge in [-0.25, -0.2) is 0 Å². The average molecular weight is 514 g/mol. The Kier molecular flexibility index (Phi) is 7.17. The highest BCUT2D eigenvalue weighted by Crippen LogP contribution is 2.50. The van der Waals surface area contributed by atoms with Gasteiger partial charge in [-0.05, 0) is 79.5 Å². The molecule has 1 nitrogen and oxygen atoms in total. The SMILES string of the molecule is Cc1c([Si](C(C)C)(C(C)C)C2CCCCC2)sc2c(-c3cc(C(C)C)c4ccccc4c3)nccc12. The number of benzene rings is 2. The number of aromatic nitrogens is 1. The number of hydrogen-bond donors (Lipinski definition) is 0. The first kappa shape index (κ1) is 25.7. The van der Waals surface area contributed by atoms with Gasteiger partial charge < -0.3 is 0 Å². The second-order valence-electron chi connectivity index (χ2n) is 12.1. The van der Waals surface area contributed by atoms with E-state index in [4.69, 9.17) is 4.98 Å². The molecule has 0 bridgehead atoms. The zero-order valence-electron chi connectivity index (χ0n) is 23.3. The van der Waals surface area contributed by atoms with E-state index in [1.165, 1.54) is 69.8 Å². The molecule has 0 spiro atoms. The number of pyridine rings is 1. The molecule has 2 heterocycles. The molecule has 1 aliphatic rings. The summed E-state index contributed by atoms with van der Waals surface area (Å²) in [7, 11) is -1.76. The molecule has 0 saturated heterocycles. The minimum Gasteiger partial charge on any atom is -0.255 e. The van der Waals surface area contributed by atoms with Gasteiger partial charge in [0.1, 0.15) is 8.07 Å². The van der Waals surface area contributed by atoms with Gasteiger partial charge in [0.25, 0.3) is 0 Å². The second kappa shape index (κ2) is 10.1. The molecule has 1 saturated carbocycles. The quantitative estimate of drug-likeness (QED) is 0.234. The molecule has 4 aromatic rings. The fourth-order valence-corrected chi connectivity index (χ4v) is 18.4. The molecule has 0 atom stereocenters. The summed E-state index contributed by atoms with van der Waals surface area (Å²) in [4.78, 5) is 5.05. The van der Waals surface area contributed by atoms with Gasteiger partial charge in [0.2, 0.25) is 0 Å². The number of hydrogen-bond acceptors (Lipinski definition) is 2. The molecular weight excluding hydrogens is 471 g/mol. The maximum absolute atomic E-state index is 5.05. The Morgan fingerprint density at radius 3 is 2.22 bits per heavy atom. The van der Waals surface area contributed by atoms with E-state index in [0.717, 1.165) is 16.6 Å². The Hall–Kier alpha value is -1.97. The largest absolute Gasteiger partial charge is 0.255 e. The summed E-state index contributed by atoms with van der Waals surface area (Å²) in [5, 5.41) is 4.13. The third-order valence-corrected chi connectivity index (χ3v) is 18.6. The molecule has 190 valence electrons. The summed E-state index contributed by atoms with van der Waals surface area (Å²) < 4.78 is 3.18. The maximum Gasteiger partial charge on any atom is 0.108 e. The Balaban J connectivity index is 1.76. The minimum atomic E-state index is -1.76. The van der Waals surface area contributed by atoms with Crippen LogP contribution in [0.15, 0.2) is 48.7 Å². The topological polar surface area (TPSA) is 12.9 Å². The van der Waals surface area contributed by atoms with Crippen molar-refractivity contribution >= 4 is 44.8 Å². The first-order valence-electron chi connectivity index (χ1n) is 14.2. The van der Waals surface area contributed by atoms with Gasteiger partial charge >= 0.3 is 0 Å². The lowest BCUT2D eigenvalue weighted by atomic mass is 9.92. The van der Waals surface area contributed by atoms with Crippen LogP contribution < -0.4 is 4.50 Å². The molecule has 2 aromatic heterocycles. The number of thiophene rings is 1. The highest BCUT2D eigenvalue weighted by molar-refractivity contribution is 7.33. The fourth-order valence-electron chi connectivity index (χ4n) is 7.62. The van der Waals surface area contributed by atoms with Gasteiger partial charge in [0.15, 0.2) is 0 Å². The first-order chi connectivity index (χ1) is 17.3. The Labute approximate surface area is 223 Å². The van der Waals surface area contributed by atoms with Crippen LogP contribution in [0.1, 0.15) is 90.7 Å². The van der Waals surface area contributed by atoms with Crippen LogP contribution in [-0.4, -0.2) is 13.1 Å². The van der Waals surface area contributed by atoms with Gasteiger partial charge in [0, 0.05) is 11.8 Å². The lowest BCUT2D eigenvalue weighted by Crippen LogP contribution is -2.57. The summed E-state index contributed by atoms with van der Waals surface area (Å²) in [5.41, 5.74) is 7.83. The highest BCUT2D eigenvalue weighted by atomic mass is 32.1. The van der Waals surface area contributed by atoms with Gasteiger partial charge in [0.05, 0.1) is 10.4 Å². The van der Waals surface area contributed by atoms with E-state index < -0.39 is 8.07 Å². The average Bonchev–Trinajstić information content (AvgIpc) is 3.20. The van der Waals surface area contributed by atoms with Crippen LogP contribution >= 0.6 is 11.3 Å². The smallest absolute Gasteiger partial charge is 0.108 e. The van der Waals surface area contributed by atoms with Crippen molar-refractivity contribution in [3.05, 3.63) is 59.8 Å². The standard InChI is InChI=1S/C33H43NSSi/c1-21(2)30-20-26(19-25-13-11-12-16-29(25)30)31-32-28(17-18-34-31)24(7)33(35-32)36(22(3)4,23(5)6)27-14-9-8-10-15-27/h11-13,16-23,27H,8-10,14-15H2,1-7H3. The van der Waals surface area contributed by atoms with Crippen LogP contribution in [0.25, 0.3) is 32.1 Å². The van der Waals surface area contributed by atoms with Crippen molar-refractivity contribution in [1.29, 1.82) is 0 Å². The Morgan fingerprint density at radius 2 is 1.56 bits per heavy atom. The summed E-state index contributed by atoms with van der Waals surface area (Å²) in [6, 6.07) is 15.9. The minimum absolute atomic E-state index is 0.475. The van der Waals surface area contributed by atoms with Crippen LogP contribution in [0.3, 0.4) is 0 Å².